The van der Waals surface area contributed by atoms with Gasteiger partial charge in [-0.1, -0.05) is 121 Å². The summed E-state index contributed by atoms with van der Waals surface area (Å²) in [5.74, 6) is 0. The third kappa shape index (κ3) is 3.60. The largest absolute Gasteiger partial charge is 0.309 e. The minimum absolute atomic E-state index is 1.10. The van der Waals surface area contributed by atoms with Crippen LogP contribution in [0.2, 0.25) is 0 Å². The number of para-hydroxylation sites is 3. The van der Waals surface area contributed by atoms with E-state index in [1.807, 2.05) is 12.4 Å². The average Bonchev–Trinajstić information content (AvgIpc) is 3.62. The fraction of sp³-hybridized carbons (Fsp3) is 0. The molecule has 0 unspecified atom stereocenters. The maximum Gasteiger partial charge on any atom is 0.0649 e. The molecule has 0 radical (unpaired) electrons. The van der Waals surface area contributed by atoms with Gasteiger partial charge in [0, 0.05) is 50.8 Å². The molecule has 0 amide bonds. The first-order valence-corrected chi connectivity index (χ1v) is 15.0. The van der Waals surface area contributed by atoms with Gasteiger partial charge in [-0.05, 0) is 41.5 Å². The molecule has 3 heterocycles. The van der Waals surface area contributed by atoms with Crippen molar-refractivity contribution in [3.8, 4) is 33.6 Å². The van der Waals surface area contributed by atoms with Crippen LogP contribution in [0.5, 0.6) is 0 Å². The first kappa shape index (κ1) is 24.6. The summed E-state index contributed by atoms with van der Waals surface area (Å²) in [5.41, 5.74) is 11.5. The van der Waals surface area contributed by atoms with E-state index in [2.05, 4.69) is 161 Å². The molecule has 206 valence electrons. The number of nitrogens with zero attached hydrogens (tertiary/aromatic N) is 3. The normalized spacial score (nSPS) is 11.6. The van der Waals surface area contributed by atoms with Crippen LogP contribution in [0.1, 0.15) is 0 Å². The van der Waals surface area contributed by atoms with Gasteiger partial charge in [0.2, 0.25) is 0 Å². The van der Waals surface area contributed by atoms with E-state index in [-0.39, 0.29) is 0 Å². The Morgan fingerprint density at radius 2 is 0.909 bits per heavy atom. The summed E-state index contributed by atoms with van der Waals surface area (Å²) >= 11 is 0. The van der Waals surface area contributed by atoms with E-state index in [4.69, 9.17) is 4.98 Å². The molecule has 0 atom stereocenters. The molecule has 9 aromatic rings. The quantitative estimate of drug-likeness (QED) is 0.210. The SMILES string of the molecule is c1ccc(-c2cncc(-c3ccccc3)c2-n2c3ccccc3c3c2ccc2c4ccccc4n(-c4ccccc4)c23)cc1. The smallest absolute Gasteiger partial charge is 0.0649 e. The maximum atomic E-state index is 4.78. The first-order chi connectivity index (χ1) is 21.9. The molecule has 3 aromatic heterocycles. The second kappa shape index (κ2) is 9.82. The van der Waals surface area contributed by atoms with Crippen LogP contribution in [0.25, 0.3) is 77.2 Å². The average molecular weight is 562 g/mol. The molecule has 0 aliphatic heterocycles. The van der Waals surface area contributed by atoms with E-state index >= 15 is 0 Å². The van der Waals surface area contributed by atoms with E-state index in [0.29, 0.717) is 0 Å². The predicted octanol–water partition coefficient (Wildman–Crippen LogP) is 10.6. The summed E-state index contributed by atoms with van der Waals surface area (Å²) in [6.07, 6.45) is 4.02. The van der Waals surface area contributed by atoms with Gasteiger partial charge in [-0.2, -0.15) is 0 Å². The highest BCUT2D eigenvalue weighted by Gasteiger charge is 2.23. The Morgan fingerprint density at radius 3 is 1.55 bits per heavy atom. The summed E-state index contributed by atoms with van der Waals surface area (Å²) in [4.78, 5) is 4.78. The molecule has 0 aliphatic carbocycles. The van der Waals surface area contributed by atoms with Crippen molar-refractivity contribution in [1.82, 2.24) is 14.1 Å². The van der Waals surface area contributed by atoms with Crippen molar-refractivity contribution in [2.24, 2.45) is 0 Å². The van der Waals surface area contributed by atoms with E-state index in [1.54, 1.807) is 0 Å². The van der Waals surface area contributed by atoms with Crippen molar-refractivity contribution < 1.29 is 0 Å². The minimum Gasteiger partial charge on any atom is -0.309 e. The highest BCUT2D eigenvalue weighted by molar-refractivity contribution is 6.26. The highest BCUT2D eigenvalue weighted by Crippen LogP contribution is 2.44. The zero-order chi connectivity index (χ0) is 29.0. The molecule has 0 aliphatic rings. The van der Waals surface area contributed by atoms with Crippen LogP contribution in [-0.4, -0.2) is 14.1 Å². The standard InChI is InChI=1S/C41H27N3/c1-4-14-28(15-5-1)34-26-42-27-35(29-16-6-2-7-17-29)40(34)44-37-23-13-11-21-33(37)39-38(44)25-24-32-31-20-10-12-22-36(31)43(41(32)39)30-18-8-3-9-19-30/h1-27H. The zero-order valence-electron chi connectivity index (χ0n) is 23.9. The lowest BCUT2D eigenvalue weighted by molar-refractivity contribution is 1.16. The van der Waals surface area contributed by atoms with Crippen molar-refractivity contribution in [2.75, 3.05) is 0 Å². The summed E-state index contributed by atoms with van der Waals surface area (Å²) < 4.78 is 4.90. The number of hydrogen-bond acceptors (Lipinski definition) is 1. The molecule has 0 saturated carbocycles. The summed E-state index contributed by atoms with van der Waals surface area (Å²) in [6.45, 7) is 0. The van der Waals surface area contributed by atoms with Crippen molar-refractivity contribution in [1.29, 1.82) is 0 Å². The van der Waals surface area contributed by atoms with E-state index in [0.717, 1.165) is 33.6 Å². The molecule has 3 nitrogen and oxygen atoms in total. The number of fused-ring (bicyclic) bond motifs is 7. The summed E-state index contributed by atoms with van der Waals surface area (Å²) in [7, 11) is 0. The molecule has 0 bridgehead atoms. The molecule has 3 heteroatoms. The Kier molecular flexibility index (Phi) is 5.50. The third-order valence-electron chi connectivity index (χ3n) is 8.79. The van der Waals surface area contributed by atoms with Crippen molar-refractivity contribution in [2.45, 2.75) is 0 Å². The molecule has 0 N–H and O–H groups in total. The van der Waals surface area contributed by atoms with E-state index in [9.17, 15) is 0 Å². The topological polar surface area (TPSA) is 22.8 Å². The maximum absolute atomic E-state index is 4.78. The summed E-state index contributed by atoms with van der Waals surface area (Å²) in [5, 5.41) is 4.97. The molecule has 0 spiro atoms. The number of rotatable bonds is 4. The molecule has 6 aromatic carbocycles. The number of aromatic nitrogens is 3. The van der Waals surface area contributed by atoms with Gasteiger partial charge >= 0.3 is 0 Å². The molecule has 9 rings (SSSR count). The van der Waals surface area contributed by atoms with Gasteiger partial charge in [0.05, 0.1) is 27.8 Å². The Bertz CT molecular complexity index is 2410. The van der Waals surface area contributed by atoms with Crippen LogP contribution in [0, 0.1) is 0 Å². The van der Waals surface area contributed by atoms with Crippen LogP contribution in [0.3, 0.4) is 0 Å². The Balaban J connectivity index is 1.50. The second-order valence-corrected chi connectivity index (χ2v) is 11.2. The summed E-state index contributed by atoms with van der Waals surface area (Å²) in [6, 6.07) is 54.1. The van der Waals surface area contributed by atoms with E-state index in [1.165, 1.54) is 43.6 Å². The van der Waals surface area contributed by atoms with Crippen LogP contribution in [0.4, 0.5) is 0 Å². The van der Waals surface area contributed by atoms with Gasteiger partial charge in [0.15, 0.2) is 0 Å². The van der Waals surface area contributed by atoms with E-state index < -0.39 is 0 Å². The van der Waals surface area contributed by atoms with Gasteiger partial charge in [0.25, 0.3) is 0 Å². The highest BCUT2D eigenvalue weighted by atomic mass is 15.0. The Labute approximate surface area is 254 Å². The predicted molar refractivity (Wildman–Crippen MR) is 184 cm³/mol. The van der Waals surface area contributed by atoms with Crippen molar-refractivity contribution in [3.05, 3.63) is 164 Å². The van der Waals surface area contributed by atoms with Crippen LogP contribution >= 0.6 is 0 Å². The number of hydrogen-bond donors (Lipinski definition) is 0. The molecular weight excluding hydrogens is 534 g/mol. The Hall–Kier alpha value is -5.93. The van der Waals surface area contributed by atoms with Crippen LogP contribution < -0.4 is 0 Å². The van der Waals surface area contributed by atoms with Gasteiger partial charge in [-0.15, -0.1) is 0 Å². The monoisotopic (exact) mass is 561 g/mol. The van der Waals surface area contributed by atoms with Crippen molar-refractivity contribution >= 4 is 43.6 Å². The van der Waals surface area contributed by atoms with Gasteiger partial charge < -0.3 is 9.13 Å². The number of benzene rings is 6. The number of pyridine rings is 1. The van der Waals surface area contributed by atoms with Crippen LogP contribution in [0.15, 0.2) is 164 Å². The zero-order valence-corrected chi connectivity index (χ0v) is 23.9. The van der Waals surface area contributed by atoms with Crippen LogP contribution in [-0.2, 0) is 0 Å². The molecule has 0 saturated heterocycles. The third-order valence-corrected chi connectivity index (χ3v) is 8.79. The molecule has 0 fully saturated rings. The first-order valence-electron chi connectivity index (χ1n) is 15.0. The lowest BCUT2D eigenvalue weighted by Crippen LogP contribution is -2.01. The lowest BCUT2D eigenvalue weighted by atomic mass is 9.98. The molecular formula is C41H27N3. The minimum atomic E-state index is 1.10. The Morgan fingerprint density at radius 1 is 0.386 bits per heavy atom. The second-order valence-electron chi connectivity index (χ2n) is 11.2. The van der Waals surface area contributed by atoms with Gasteiger partial charge in [0.1, 0.15) is 0 Å². The fourth-order valence-electron chi connectivity index (χ4n) is 6.95. The fourth-order valence-corrected chi connectivity index (χ4v) is 6.95. The lowest BCUT2D eigenvalue weighted by Gasteiger charge is -2.18. The molecule has 44 heavy (non-hydrogen) atoms. The van der Waals surface area contributed by atoms with Gasteiger partial charge in [-0.3, -0.25) is 4.98 Å². The van der Waals surface area contributed by atoms with Crippen molar-refractivity contribution in [3.63, 3.8) is 0 Å². The van der Waals surface area contributed by atoms with Gasteiger partial charge in [-0.25, -0.2) is 0 Å².